The molecule has 78 valence electrons. The third kappa shape index (κ3) is 1.80. The Balaban J connectivity index is 2.17. The number of nitrogens with zero attached hydrogens (tertiary/aromatic N) is 1. The number of rotatable bonds is 1. The topological polar surface area (TPSA) is 15.3 Å². The standard InChI is InChI=1S/C10H14F2N2/c11-8-2-1-3-9(12)10(8)14-6-4-13-5-7-14/h2,13H,1,3-7H2. The lowest BCUT2D eigenvalue weighted by molar-refractivity contribution is 0.279. The Morgan fingerprint density at radius 3 is 2.57 bits per heavy atom. The van der Waals surface area contributed by atoms with Crippen molar-refractivity contribution < 1.29 is 8.78 Å². The first-order valence-corrected chi connectivity index (χ1v) is 4.99. The van der Waals surface area contributed by atoms with Crippen LogP contribution in [0.4, 0.5) is 8.78 Å². The lowest BCUT2D eigenvalue weighted by Crippen LogP contribution is -2.43. The highest BCUT2D eigenvalue weighted by Crippen LogP contribution is 2.29. The van der Waals surface area contributed by atoms with Crippen LogP contribution >= 0.6 is 0 Å². The van der Waals surface area contributed by atoms with Gasteiger partial charge in [0.05, 0.1) is 0 Å². The van der Waals surface area contributed by atoms with Gasteiger partial charge in [-0.05, 0) is 12.5 Å². The van der Waals surface area contributed by atoms with Gasteiger partial charge in [0, 0.05) is 32.6 Å². The molecule has 0 unspecified atom stereocenters. The zero-order valence-electron chi connectivity index (χ0n) is 8.02. The number of nitrogens with one attached hydrogen (secondary N) is 1. The summed E-state index contributed by atoms with van der Waals surface area (Å²) in [6.07, 6.45) is 2.29. The van der Waals surface area contributed by atoms with Crippen molar-refractivity contribution in [1.82, 2.24) is 10.2 Å². The Labute approximate surface area is 82.3 Å². The molecule has 0 aromatic rings. The summed E-state index contributed by atoms with van der Waals surface area (Å²) < 4.78 is 26.8. The smallest absolute Gasteiger partial charge is 0.145 e. The van der Waals surface area contributed by atoms with E-state index in [4.69, 9.17) is 0 Å². The molecule has 1 fully saturated rings. The fraction of sp³-hybridized carbons (Fsp3) is 0.600. The number of piperazine rings is 1. The van der Waals surface area contributed by atoms with Crippen molar-refractivity contribution >= 4 is 0 Å². The average Bonchev–Trinajstić information content (AvgIpc) is 2.19. The van der Waals surface area contributed by atoms with Crippen molar-refractivity contribution in [3.63, 3.8) is 0 Å². The zero-order chi connectivity index (χ0) is 9.97. The summed E-state index contributed by atoms with van der Waals surface area (Å²) in [4.78, 5) is 1.79. The van der Waals surface area contributed by atoms with Crippen molar-refractivity contribution in [2.24, 2.45) is 0 Å². The van der Waals surface area contributed by atoms with Crippen LogP contribution in [-0.2, 0) is 0 Å². The van der Waals surface area contributed by atoms with Gasteiger partial charge in [0.1, 0.15) is 17.4 Å². The summed E-state index contributed by atoms with van der Waals surface area (Å²) in [5, 5.41) is 3.15. The van der Waals surface area contributed by atoms with Crippen LogP contribution in [0.15, 0.2) is 23.4 Å². The normalized spacial score (nSPS) is 23.9. The van der Waals surface area contributed by atoms with Crippen LogP contribution in [0, 0.1) is 0 Å². The van der Waals surface area contributed by atoms with Crippen LogP contribution in [0.5, 0.6) is 0 Å². The van der Waals surface area contributed by atoms with Gasteiger partial charge in [0.2, 0.25) is 0 Å². The minimum Gasteiger partial charge on any atom is -0.365 e. The first-order chi connectivity index (χ1) is 6.79. The monoisotopic (exact) mass is 200 g/mol. The SMILES string of the molecule is FC1=CCCC(F)=C1N1CCNCC1. The maximum atomic E-state index is 13.4. The molecule has 1 N–H and O–H groups in total. The Morgan fingerprint density at radius 2 is 1.93 bits per heavy atom. The Hall–Kier alpha value is -0.900. The summed E-state index contributed by atoms with van der Waals surface area (Å²) >= 11 is 0. The van der Waals surface area contributed by atoms with Crippen LogP contribution in [-0.4, -0.2) is 31.1 Å². The van der Waals surface area contributed by atoms with E-state index in [0.29, 0.717) is 25.9 Å². The van der Waals surface area contributed by atoms with Crippen molar-refractivity contribution in [3.05, 3.63) is 23.4 Å². The molecule has 1 aliphatic carbocycles. The van der Waals surface area contributed by atoms with Crippen molar-refractivity contribution in [2.45, 2.75) is 12.8 Å². The summed E-state index contributed by atoms with van der Waals surface area (Å²) in [6.45, 7) is 2.96. The molecule has 14 heavy (non-hydrogen) atoms. The molecule has 0 aromatic heterocycles. The molecule has 0 atom stereocenters. The van der Waals surface area contributed by atoms with E-state index in [1.165, 1.54) is 6.08 Å². The quantitative estimate of drug-likeness (QED) is 0.693. The van der Waals surface area contributed by atoms with E-state index in [2.05, 4.69) is 5.32 Å². The number of hydrogen-bond acceptors (Lipinski definition) is 2. The van der Waals surface area contributed by atoms with Gasteiger partial charge in [-0.3, -0.25) is 0 Å². The summed E-state index contributed by atoms with van der Waals surface area (Å²) in [6, 6.07) is 0. The lowest BCUT2D eigenvalue weighted by Gasteiger charge is -2.32. The first kappa shape index (κ1) is 9.65. The van der Waals surface area contributed by atoms with Gasteiger partial charge in [-0.2, -0.15) is 0 Å². The number of halogens is 2. The van der Waals surface area contributed by atoms with Gasteiger partial charge in [-0.15, -0.1) is 0 Å². The molecule has 2 rings (SSSR count). The first-order valence-electron chi connectivity index (χ1n) is 4.99. The lowest BCUT2D eigenvalue weighted by atomic mass is 10.1. The molecular formula is C10H14F2N2. The van der Waals surface area contributed by atoms with E-state index in [0.717, 1.165) is 13.1 Å². The molecule has 0 bridgehead atoms. The Bertz CT molecular complexity index is 278. The molecular weight excluding hydrogens is 186 g/mol. The number of allylic oxidation sites excluding steroid dienone is 3. The summed E-state index contributed by atoms with van der Waals surface area (Å²) in [7, 11) is 0. The van der Waals surface area contributed by atoms with Gasteiger partial charge in [0.15, 0.2) is 0 Å². The fourth-order valence-corrected chi connectivity index (χ4v) is 1.88. The van der Waals surface area contributed by atoms with Crippen LogP contribution in [0.3, 0.4) is 0 Å². The van der Waals surface area contributed by atoms with E-state index < -0.39 is 5.83 Å². The molecule has 0 spiro atoms. The fourth-order valence-electron chi connectivity index (χ4n) is 1.88. The second-order valence-electron chi connectivity index (χ2n) is 3.58. The second kappa shape index (κ2) is 4.09. The van der Waals surface area contributed by atoms with Crippen molar-refractivity contribution in [3.8, 4) is 0 Å². The largest absolute Gasteiger partial charge is 0.365 e. The zero-order valence-corrected chi connectivity index (χ0v) is 8.02. The van der Waals surface area contributed by atoms with Gasteiger partial charge in [0.25, 0.3) is 0 Å². The third-order valence-electron chi connectivity index (χ3n) is 2.60. The highest BCUT2D eigenvalue weighted by molar-refractivity contribution is 5.30. The summed E-state index contributed by atoms with van der Waals surface area (Å²) in [5.74, 6) is -0.692. The maximum Gasteiger partial charge on any atom is 0.145 e. The highest BCUT2D eigenvalue weighted by atomic mass is 19.1. The Kier molecular flexibility index (Phi) is 2.82. The van der Waals surface area contributed by atoms with E-state index in [1.807, 2.05) is 0 Å². The molecule has 1 heterocycles. The van der Waals surface area contributed by atoms with Gasteiger partial charge < -0.3 is 10.2 Å². The van der Waals surface area contributed by atoms with E-state index in [-0.39, 0.29) is 11.5 Å². The molecule has 0 saturated carbocycles. The van der Waals surface area contributed by atoms with E-state index >= 15 is 0 Å². The molecule has 1 saturated heterocycles. The molecule has 0 radical (unpaired) electrons. The van der Waals surface area contributed by atoms with Crippen LogP contribution in [0.1, 0.15) is 12.8 Å². The van der Waals surface area contributed by atoms with Gasteiger partial charge >= 0.3 is 0 Å². The highest BCUT2D eigenvalue weighted by Gasteiger charge is 2.23. The van der Waals surface area contributed by atoms with E-state index in [9.17, 15) is 8.78 Å². The van der Waals surface area contributed by atoms with Gasteiger partial charge in [-0.1, -0.05) is 0 Å². The molecule has 2 aliphatic rings. The average molecular weight is 200 g/mol. The van der Waals surface area contributed by atoms with Crippen LogP contribution < -0.4 is 5.32 Å². The van der Waals surface area contributed by atoms with Crippen molar-refractivity contribution in [1.29, 1.82) is 0 Å². The molecule has 1 aliphatic heterocycles. The van der Waals surface area contributed by atoms with Crippen molar-refractivity contribution in [2.75, 3.05) is 26.2 Å². The Morgan fingerprint density at radius 1 is 1.21 bits per heavy atom. The predicted molar refractivity (Wildman–Crippen MR) is 51.0 cm³/mol. The third-order valence-corrected chi connectivity index (χ3v) is 2.60. The molecule has 4 heteroatoms. The maximum absolute atomic E-state index is 13.4. The molecule has 0 aromatic carbocycles. The van der Waals surface area contributed by atoms with Crippen LogP contribution in [0.2, 0.25) is 0 Å². The van der Waals surface area contributed by atoms with E-state index in [1.54, 1.807) is 4.90 Å². The molecule has 0 amide bonds. The molecule has 2 nitrogen and oxygen atoms in total. The second-order valence-corrected chi connectivity index (χ2v) is 3.58. The minimum absolute atomic E-state index is 0.192. The minimum atomic E-state index is -0.393. The summed E-state index contributed by atoms with van der Waals surface area (Å²) in [5.41, 5.74) is 0.192. The number of hydrogen-bond donors (Lipinski definition) is 1. The van der Waals surface area contributed by atoms with Crippen LogP contribution in [0.25, 0.3) is 0 Å². The van der Waals surface area contributed by atoms with Gasteiger partial charge in [-0.25, -0.2) is 8.78 Å². The predicted octanol–water partition coefficient (Wildman–Crippen LogP) is 1.72.